The molecule has 0 spiro atoms. The monoisotopic (exact) mass is 576 g/mol. The Balaban J connectivity index is 1.45. The molecular weight excluding hydrogens is 548 g/mol. The van der Waals surface area contributed by atoms with Crippen LogP contribution in [0.25, 0.3) is 0 Å². The van der Waals surface area contributed by atoms with E-state index in [1.807, 2.05) is 60.7 Å². The van der Waals surface area contributed by atoms with Crippen molar-refractivity contribution in [2.75, 3.05) is 19.5 Å². The van der Waals surface area contributed by atoms with Gasteiger partial charge in [-0.3, -0.25) is 19.3 Å². The molecule has 11 heteroatoms. The fraction of sp³-hybridized carbons (Fsp3) is 0.267. The molecule has 41 heavy (non-hydrogen) atoms. The standard InChI is InChI=1S/C30H28N2O8S/c1-19(33)39-17-22-18-41-29-30(37-2,31-24(34)16-23-14-9-15-38-23)28(36)32(29)25(22)27(35)40-26(20-10-5-3-6-11-20)21-12-7-4-8-13-21/h3-15,26,29H,16-18H2,1-2H3,(H,31,34)/t29-,30+/m1/s1. The van der Waals surface area contributed by atoms with E-state index in [1.54, 1.807) is 12.1 Å². The van der Waals surface area contributed by atoms with Gasteiger partial charge in [0.25, 0.3) is 11.6 Å². The summed E-state index contributed by atoms with van der Waals surface area (Å²) in [7, 11) is 1.32. The molecule has 0 aliphatic carbocycles. The highest BCUT2D eigenvalue weighted by molar-refractivity contribution is 8.00. The predicted octanol–water partition coefficient (Wildman–Crippen LogP) is 3.35. The predicted molar refractivity (Wildman–Crippen MR) is 148 cm³/mol. The van der Waals surface area contributed by atoms with Crippen molar-refractivity contribution in [1.29, 1.82) is 0 Å². The number of rotatable bonds is 10. The number of thioether (sulfide) groups is 1. The van der Waals surface area contributed by atoms with Crippen LogP contribution in [0, 0.1) is 0 Å². The summed E-state index contributed by atoms with van der Waals surface area (Å²) in [4.78, 5) is 53.3. The zero-order chi connectivity index (χ0) is 29.0. The third-order valence-corrected chi connectivity index (χ3v) is 8.12. The summed E-state index contributed by atoms with van der Waals surface area (Å²) < 4.78 is 22.1. The Bertz CT molecular complexity index is 1420. The van der Waals surface area contributed by atoms with Gasteiger partial charge < -0.3 is 23.9 Å². The number of nitrogens with one attached hydrogen (secondary N) is 1. The molecule has 2 amide bonds. The molecule has 212 valence electrons. The van der Waals surface area contributed by atoms with Crippen molar-refractivity contribution in [1.82, 2.24) is 10.2 Å². The maximum Gasteiger partial charge on any atom is 0.356 e. The highest BCUT2D eigenvalue weighted by Gasteiger charge is 2.66. The molecule has 0 unspecified atom stereocenters. The summed E-state index contributed by atoms with van der Waals surface area (Å²) in [6, 6.07) is 21.8. The van der Waals surface area contributed by atoms with E-state index in [9.17, 15) is 19.2 Å². The van der Waals surface area contributed by atoms with Crippen LogP contribution < -0.4 is 5.32 Å². The molecule has 3 aromatic rings. The Kier molecular flexibility index (Phi) is 8.27. The fourth-order valence-electron chi connectivity index (χ4n) is 4.80. The van der Waals surface area contributed by atoms with Crippen molar-refractivity contribution in [3.8, 4) is 0 Å². The fourth-order valence-corrected chi connectivity index (χ4v) is 6.22. The Morgan fingerprint density at radius 1 is 1.05 bits per heavy atom. The van der Waals surface area contributed by atoms with Gasteiger partial charge in [0.05, 0.1) is 12.7 Å². The number of hydrogen-bond donors (Lipinski definition) is 1. The zero-order valence-electron chi connectivity index (χ0n) is 22.4. The van der Waals surface area contributed by atoms with Gasteiger partial charge in [0, 0.05) is 25.4 Å². The minimum Gasteiger partial charge on any atom is -0.469 e. The van der Waals surface area contributed by atoms with Gasteiger partial charge in [-0.25, -0.2) is 4.79 Å². The van der Waals surface area contributed by atoms with Crippen LogP contribution in [0.3, 0.4) is 0 Å². The lowest BCUT2D eigenvalue weighted by Gasteiger charge is -2.56. The van der Waals surface area contributed by atoms with Crippen LogP contribution in [-0.2, 0) is 39.8 Å². The van der Waals surface area contributed by atoms with Gasteiger partial charge in [0.1, 0.15) is 23.4 Å². The number of carbonyl (C=O) groups is 4. The molecule has 0 radical (unpaired) electrons. The molecule has 10 nitrogen and oxygen atoms in total. The van der Waals surface area contributed by atoms with Gasteiger partial charge in [0.2, 0.25) is 5.91 Å². The Labute approximate surface area is 240 Å². The molecule has 1 N–H and O–H groups in total. The second-order valence-electron chi connectivity index (χ2n) is 9.42. The quantitative estimate of drug-likeness (QED) is 0.220. The van der Waals surface area contributed by atoms with Crippen molar-refractivity contribution in [2.45, 2.75) is 30.5 Å². The summed E-state index contributed by atoms with van der Waals surface area (Å²) in [5, 5.41) is 1.92. The maximum absolute atomic E-state index is 13.9. The smallest absolute Gasteiger partial charge is 0.356 e. The van der Waals surface area contributed by atoms with Crippen LogP contribution >= 0.6 is 11.8 Å². The third kappa shape index (κ3) is 5.63. The number of methoxy groups -OCH3 is 1. The first-order valence-corrected chi connectivity index (χ1v) is 13.9. The van der Waals surface area contributed by atoms with E-state index in [0.29, 0.717) is 11.3 Å². The van der Waals surface area contributed by atoms with Crippen molar-refractivity contribution in [3.63, 3.8) is 0 Å². The van der Waals surface area contributed by atoms with Crippen LogP contribution in [0.2, 0.25) is 0 Å². The van der Waals surface area contributed by atoms with Gasteiger partial charge in [-0.15, -0.1) is 11.8 Å². The number of esters is 2. The molecule has 0 saturated carbocycles. The lowest BCUT2D eigenvalue weighted by Crippen LogP contribution is -2.80. The Hall–Kier alpha value is -4.35. The van der Waals surface area contributed by atoms with Crippen LogP contribution in [0.5, 0.6) is 0 Å². The van der Waals surface area contributed by atoms with E-state index in [-0.39, 0.29) is 24.5 Å². The molecular formula is C30H28N2O8S. The normalized spacial score (nSPS) is 19.8. The second kappa shape index (κ2) is 12.0. The van der Waals surface area contributed by atoms with E-state index >= 15 is 0 Å². The highest BCUT2D eigenvalue weighted by Crippen LogP contribution is 2.47. The summed E-state index contributed by atoms with van der Waals surface area (Å²) in [6.45, 7) is 1.06. The summed E-state index contributed by atoms with van der Waals surface area (Å²) in [5.74, 6) is -1.78. The van der Waals surface area contributed by atoms with Crippen molar-refractivity contribution < 1.29 is 37.8 Å². The molecule has 1 fully saturated rings. The lowest BCUT2D eigenvalue weighted by molar-refractivity contribution is -0.193. The Morgan fingerprint density at radius 3 is 2.27 bits per heavy atom. The van der Waals surface area contributed by atoms with Gasteiger partial charge in [-0.2, -0.15) is 0 Å². The number of fused-ring (bicyclic) bond motifs is 1. The number of ether oxygens (including phenoxy) is 3. The molecule has 2 aromatic carbocycles. The average molecular weight is 577 g/mol. The van der Waals surface area contributed by atoms with Gasteiger partial charge in [-0.1, -0.05) is 60.7 Å². The summed E-state index contributed by atoms with van der Waals surface area (Å²) in [6.07, 6.45) is 0.589. The third-order valence-electron chi connectivity index (χ3n) is 6.74. The minimum absolute atomic E-state index is 0.0372. The number of carbonyl (C=O) groups excluding carboxylic acids is 4. The molecule has 2 aliphatic rings. The topological polar surface area (TPSA) is 124 Å². The number of furan rings is 1. The van der Waals surface area contributed by atoms with Gasteiger partial charge >= 0.3 is 11.9 Å². The van der Waals surface area contributed by atoms with Crippen molar-refractivity contribution in [3.05, 3.63) is 107 Å². The highest BCUT2D eigenvalue weighted by atomic mass is 32.2. The lowest BCUT2D eigenvalue weighted by atomic mass is 9.97. The molecule has 2 aliphatic heterocycles. The van der Waals surface area contributed by atoms with Gasteiger partial charge in [0.15, 0.2) is 6.10 Å². The first kappa shape index (κ1) is 28.2. The van der Waals surface area contributed by atoms with Crippen molar-refractivity contribution >= 4 is 35.5 Å². The second-order valence-corrected chi connectivity index (χ2v) is 10.5. The van der Waals surface area contributed by atoms with E-state index in [2.05, 4.69) is 5.32 Å². The molecule has 0 bridgehead atoms. The molecule has 2 atom stereocenters. The molecule has 3 heterocycles. The Morgan fingerprint density at radius 2 is 1.71 bits per heavy atom. The SMILES string of the molecule is CO[C@@]1(NC(=O)Cc2ccco2)C(=O)N2C(C(=O)OC(c3ccccc3)c3ccccc3)=C(COC(C)=O)CS[C@@H]21. The number of hydrogen-bond acceptors (Lipinski definition) is 9. The minimum atomic E-state index is -1.70. The van der Waals surface area contributed by atoms with E-state index in [4.69, 9.17) is 18.6 Å². The van der Waals surface area contributed by atoms with Crippen LogP contribution in [0.15, 0.2) is 94.7 Å². The van der Waals surface area contributed by atoms with Crippen LogP contribution in [-0.4, -0.2) is 59.2 Å². The number of β-lactam (4-membered cyclic amide) rings is 1. The summed E-state index contributed by atoms with van der Waals surface area (Å²) in [5.41, 5.74) is 0.145. The van der Waals surface area contributed by atoms with E-state index < -0.39 is 41.0 Å². The number of amides is 2. The largest absolute Gasteiger partial charge is 0.469 e. The average Bonchev–Trinajstić information content (AvgIpc) is 3.50. The molecule has 1 saturated heterocycles. The van der Waals surface area contributed by atoms with Gasteiger partial charge in [-0.05, 0) is 23.3 Å². The number of benzene rings is 2. The van der Waals surface area contributed by atoms with E-state index in [1.165, 1.54) is 37.0 Å². The first-order valence-electron chi connectivity index (χ1n) is 12.8. The summed E-state index contributed by atoms with van der Waals surface area (Å²) >= 11 is 1.28. The van der Waals surface area contributed by atoms with E-state index in [0.717, 1.165) is 11.1 Å². The van der Waals surface area contributed by atoms with Crippen molar-refractivity contribution in [2.24, 2.45) is 0 Å². The zero-order valence-corrected chi connectivity index (χ0v) is 23.2. The number of nitrogens with zero attached hydrogens (tertiary/aromatic N) is 1. The van der Waals surface area contributed by atoms with Crippen LogP contribution in [0.4, 0.5) is 0 Å². The molecule has 1 aromatic heterocycles. The van der Waals surface area contributed by atoms with Crippen LogP contribution in [0.1, 0.15) is 29.9 Å². The maximum atomic E-state index is 13.9. The first-order chi connectivity index (χ1) is 19.8. The molecule has 5 rings (SSSR count).